The van der Waals surface area contributed by atoms with Gasteiger partial charge in [0.05, 0.1) is 28.7 Å². The Balaban J connectivity index is 1.69. The zero-order valence-corrected chi connectivity index (χ0v) is 23.8. The van der Waals surface area contributed by atoms with Crippen molar-refractivity contribution >= 4 is 22.6 Å². The van der Waals surface area contributed by atoms with E-state index in [4.69, 9.17) is 4.74 Å². The molecule has 1 amide bonds. The minimum Gasteiger partial charge on any atom is -0.507 e. The molecule has 0 aliphatic carbocycles. The number of aromatic nitrogens is 3. The van der Waals surface area contributed by atoms with Gasteiger partial charge in [-0.15, -0.1) is 0 Å². The second-order valence-electron chi connectivity index (χ2n) is 11.0. The number of amides is 1. The first-order chi connectivity index (χ1) is 20.1. The number of carbonyl (C=O) groups is 1. The van der Waals surface area contributed by atoms with Gasteiger partial charge < -0.3 is 19.6 Å². The fraction of sp³-hybridized carbons (Fsp3) is 0.355. The number of anilines is 1. The number of phenolic OH excluding ortho intramolecular Hbond substituents is 1. The predicted octanol–water partition coefficient (Wildman–Crippen LogP) is 4.68. The van der Waals surface area contributed by atoms with Crippen LogP contribution in [0.2, 0.25) is 0 Å². The van der Waals surface area contributed by atoms with Crippen LogP contribution < -0.4 is 15.2 Å². The third-order valence-electron chi connectivity index (χ3n) is 8.03. The van der Waals surface area contributed by atoms with Crippen molar-refractivity contribution in [2.24, 2.45) is 0 Å². The first-order valence-corrected chi connectivity index (χ1v) is 14.0. The molecule has 0 radical (unpaired) electrons. The number of benzene rings is 1. The van der Waals surface area contributed by atoms with Crippen molar-refractivity contribution in [2.75, 3.05) is 31.1 Å². The molecule has 0 bridgehead atoms. The Morgan fingerprint density at radius 2 is 1.95 bits per heavy atom. The van der Waals surface area contributed by atoms with Gasteiger partial charge in [0.1, 0.15) is 23.9 Å². The molecular weight excluding hydrogens is 544 g/mol. The zero-order valence-electron chi connectivity index (χ0n) is 23.8. The van der Waals surface area contributed by atoms with Gasteiger partial charge in [0.2, 0.25) is 11.7 Å². The number of fused-ring (bicyclic) bond motifs is 5. The average molecular weight is 576 g/mol. The standard InChI is InChI=1S/C31H31F2N5O4/c1-5-23(40)36-11-12-37-18(14-36)15-42-29-28(37)19-13-21(33)26(24-20(32)7-6-8-22(24)39)35-30(19)38(31(29)41)27-17(4)9-10-34-25(27)16(2)3/h6-10,13,16,18,39H,5,11-12,14-15H2,1-4H3/t18-/m1/s1. The van der Waals surface area contributed by atoms with Crippen LogP contribution in [0.4, 0.5) is 14.5 Å². The van der Waals surface area contributed by atoms with E-state index >= 15 is 4.39 Å². The number of piperazine rings is 1. The Kier molecular flexibility index (Phi) is 6.83. The molecule has 6 rings (SSSR count). The highest BCUT2D eigenvalue weighted by Gasteiger charge is 2.38. The van der Waals surface area contributed by atoms with Gasteiger partial charge in [-0.25, -0.2) is 13.8 Å². The van der Waals surface area contributed by atoms with Gasteiger partial charge in [-0.1, -0.05) is 26.8 Å². The van der Waals surface area contributed by atoms with E-state index in [0.717, 1.165) is 11.6 Å². The largest absolute Gasteiger partial charge is 0.507 e. The second kappa shape index (κ2) is 10.4. The Morgan fingerprint density at radius 3 is 2.67 bits per heavy atom. The lowest BCUT2D eigenvalue weighted by Gasteiger charge is -2.45. The summed E-state index contributed by atoms with van der Waals surface area (Å²) in [5.74, 6) is -2.21. The van der Waals surface area contributed by atoms with Crippen molar-refractivity contribution in [1.29, 1.82) is 0 Å². The van der Waals surface area contributed by atoms with Gasteiger partial charge >= 0.3 is 5.56 Å². The molecule has 5 heterocycles. The van der Waals surface area contributed by atoms with Gasteiger partial charge in [0, 0.05) is 37.6 Å². The van der Waals surface area contributed by atoms with E-state index in [9.17, 15) is 19.1 Å². The van der Waals surface area contributed by atoms with Crippen molar-refractivity contribution < 1.29 is 23.4 Å². The van der Waals surface area contributed by atoms with Crippen LogP contribution in [-0.2, 0) is 4.79 Å². The summed E-state index contributed by atoms with van der Waals surface area (Å²) in [6, 6.07) is 6.40. The molecule has 9 nitrogen and oxygen atoms in total. The van der Waals surface area contributed by atoms with E-state index in [-0.39, 0.29) is 35.9 Å². The quantitative estimate of drug-likeness (QED) is 0.377. The van der Waals surface area contributed by atoms with Crippen LogP contribution in [0.15, 0.2) is 41.3 Å². The molecule has 2 aliphatic rings. The van der Waals surface area contributed by atoms with Crippen molar-refractivity contribution in [3.63, 3.8) is 0 Å². The van der Waals surface area contributed by atoms with Crippen molar-refractivity contribution in [3.05, 3.63) is 69.8 Å². The van der Waals surface area contributed by atoms with Gasteiger partial charge in [-0.3, -0.25) is 19.1 Å². The molecule has 0 unspecified atom stereocenters. The first kappa shape index (κ1) is 27.6. The van der Waals surface area contributed by atoms with Crippen molar-refractivity contribution in [1.82, 2.24) is 19.4 Å². The minimum absolute atomic E-state index is 0.0241. The number of halogens is 2. The monoisotopic (exact) mass is 575 g/mol. The second-order valence-corrected chi connectivity index (χ2v) is 11.0. The molecule has 11 heteroatoms. The number of phenols is 1. The third-order valence-corrected chi connectivity index (χ3v) is 8.03. The van der Waals surface area contributed by atoms with Crippen LogP contribution in [0.5, 0.6) is 11.5 Å². The Bertz CT molecular complexity index is 1780. The number of hydrogen-bond acceptors (Lipinski definition) is 7. The van der Waals surface area contributed by atoms with Crippen LogP contribution >= 0.6 is 0 Å². The summed E-state index contributed by atoms with van der Waals surface area (Å²) < 4.78 is 38.4. The molecule has 218 valence electrons. The summed E-state index contributed by atoms with van der Waals surface area (Å²) in [5, 5.41) is 10.8. The van der Waals surface area contributed by atoms with E-state index in [0.29, 0.717) is 48.5 Å². The summed E-state index contributed by atoms with van der Waals surface area (Å²) in [7, 11) is 0. The van der Waals surface area contributed by atoms with Gasteiger partial charge in [0.25, 0.3) is 0 Å². The lowest BCUT2D eigenvalue weighted by molar-refractivity contribution is -0.131. The number of ether oxygens (including phenoxy) is 1. The Morgan fingerprint density at radius 1 is 1.17 bits per heavy atom. The molecule has 4 aromatic rings. The van der Waals surface area contributed by atoms with E-state index in [2.05, 4.69) is 9.97 Å². The number of nitrogens with zero attached hydrogens (tertiary/aromatic N) is 5. The number of aryl methyl sites for hydroxylation is 1. The molecule has 3 aromatic heterocycles. The molecule has 1 N–H and O–H groups in total. The Hall–Kier alpha value is -4.54. The molecular formula is C31H31F2N5O4. The SMILES string of the molecule is CCC(=O)N1CCN2c3c(c(=O)n(-c4c(C)ccnc4C(C)C)c4nc(-c5c(O)cccc5F)c(F)cc34)OC[C@H]2C1. The molecule has 1 atom stereocenters. The van der Waals surface area contributed by atoms with Crippen molar-refractivity contribution in [3.8, 4) is 28.4 Å². The lowest BCUT2D eigenvalue weighted by atomic mass is 10.0. The molecule has 2 aliphatic heterocycles. The van der Waals surface area contributed by atoms with E-state index in [1.165, 1.54) is 22.8 Å². The number of pyridine rings is 3. The van der Waals surface area contributed by atoms with Gasteiger partial charge in [-0.2, -0.15) is 0 Å². The van der Waals surface area contributed by atoms with Gasteiger partial charge in [0.15, 0.2) is 11.5 Å². The summed E-state index contributed by atoms with van der Waals surface area (Å²) in [5.41, 5.74) is 0.966. The predicted molar refractivity (Wildman–Crippen MR) is 154 cm³/mol. The first-order valence-electron chi connectivity index (χ1n) is 14.0. The summed E-state index contributed by atoms with van der Waals surface area (Å²) in [4.78, 5) is 39.7. The molecule has 1 saturated heterocycles. The summed E-state index contributed by atoms with van der Waals surface area (Å²) in [6.07, 6.45) is 2.04. The molecule has 1 fully saturated rings. The number of carbonyl (C=O) groups excluding carboxylic acids is 1. The van der Waals surface area contributed by atoms with Crippen LogP contribution in [0.1, 0.15) is 44.4 Å². The maximum Gasteiger partial charge on any atom is 0.301 e. The highest BCUT2D eigenvalue weighted by molar-refractivity contribution is 5.96. The molecule has 42 heavy (non-hydrogen) atoms. The number of hydrogen-bond donors (Lipinski definition) is 1. The van der Waals surface area contributed by atoms with Crippen LogP contribution in [0.25, 0.3) is 28.0 Å². The zero-order chi connectivity index (χ0) is 29.9. The molecule has 0 saturated carbocycles. The topological polar surface area (TPSA) is 101 Å². The average Bonchev–Trinajstić information content (AvgIpc) is 2.97. The number of aromatic hydroxyl groups is 1. The van der Waals surface area contributed by atoms with Gasteiger partial charge in [-0.05, 0) is 42.7 Å². The fourth-order valence-corrected chi connectivity index (χ4v) is 6.00. The minimum atomic E-state index is -0.871. The van der Waals surface area contributed by atoms with E-state index < -0.39 is 34.2 Å². The van der Waals surface area contributed by atoms with E-state index in [1.807, 2.05) is 32.6 Å². The smallest absolute Gasteiger partial charge is 0.301 e. The molecule has 0 spiro atoms. The summed E-state index contributed by atoms with van der Waals surface area (Å²) in [6.45, 7) is 8.96. The van der Waals surface area contributed by atoms with Crippen molar-refractivity contribution in [2.45, 2.75) is 46.1 Å². The maximum atomic E-state index is 15.9. The highest BCUT2D eigenvalue weighted by Crippen LogP contribution is 2.42. The molecule has 1 aromatic carbocycles. The highest BCUT2D eigenvalue weighted by atomic mass is 19.1. The lowest BCUT2D eigenvalue weighted by Crippen LogP contribution is -2.59. The summed E-state index contributed by atoms with van der Waals surface area (Å²) >= 11 is 0. The number of rotatable bonds is 4. The normalized spacial score (nSPS) is 16.4. The third kappa shape index (κ3) is 4.26. The maximum absolute atomic E-state index is 15.9. The van der Waals surface area contributed by atoms with Crippen LogP contribution in [0.3, 0.4) is 0 Å². The Labute approximate surface area is 241 Å². The van der Waals surface area contributed by atoms with Crippen LogP contribution in [0, 0.1) is 18.6 Å². The van der Waals surface area contributed by atoms with Crippen LogP contribution in [-0.4, -0.2) is 62.7 Å². The van der Waals surface area contributed by atoms with E-state index in [1.54, 1.807) is 17.2 Å². The fourth-order valence-electron chi connectivity index (χ4n) is 6.00.